The number of nitrogens with one attached hydrogen (secondary N) is 2. The second-order valence-corrected chi connectivity index (χ2v) is 7.58. The first-order valence-electron chi connectivity index (χ1n) is 6.51. The fourth-order valence-corrected chi connectivity index (χ4v) is 4.38. The van der Waals surface area contributed by atoms with Crippen LogP contribution in [0.5, 0.6) is 0 Å². The second kappa shape index (κ2) is 7.69. The number of hydrogen-bond donors (Lipinski definition) is 2. The Morgan fingerprint density at radius 1 is 1.45 bits per heavy atom. The van der Waals surface area contributed by atoms with Gasteiger partial charge in [-0.25, -0.2) is 13.1 Å². The maximum Gasteiger partial charge on any atom is 0.289 e. The smallest absolute Gasteiger partial charge is 0.289 e. The molecule has 1 aromatic rings. The number of nitrogens with zero attached hydrogens (tertiary/aromatic N) is 1. The number of piperidine rings is 1. The van der Waals surface area contributed by atoms with Gasteiger partial charge >= 0.3 is 0 Å². The van der Waals surface area contributed by atoms with Crippen molar-refractivity contribution in [3.05, 3.63) is 32.8 Å². The van der Waals surface area contributed by atoms with Gasteiger partial charge in [0.15, 0.2) is 4.90 Å². The van der Waals surface area contributed by atoms with Crippen molar-refractivity contribution in [1.29, 1.82) is 0 Å². The highest BCUT2D eigenvalue weighted by molar-refractivity contribution is 9.10. The molecule has 22 heavy (non-hydrogen) atoms. The molecule has 7 nitrogen and oxygen atoms in total. The average molecular weight is 415 g/mol. The van der Waals surface area contributed by atoms with E-state index in [1.54, 1.807) is 0 Å². The summed E-state index contributed by atoms with van der Waals surface area (Å²) in [5.74, 6) is 0. The molecule has 0 aliphatic carbocycles. The van der Waals surface area contributed by atoms with Crippen LogP contribution in [0.3, 0.4) is 0 Å². The van der Waals surface area contributed by atoms with Crippen LogP contribution in [0.1, 0.15) is 19.8 Å². The van der Waals surface area contributed by atoms with Crippen LogP contribution in [0, 0.1) is 10.1 Å². The number of benzene rings is 1. The molecular formula is C12H17BrClN3O4S. The molecule has 0 radical (unpaired) electrons. The van der Waals surface area contributed by atoms with Crippen LogP contribution < -0.4 is 10.0 Å². The molecule has 1 aliphatic heterocycles. The first-order valence-corrected chi connectivity index (χ1v) is 8.78. The van der Waals surface area contributed by atoms with E-state index >= 15 is 0 Å². The quantitative estimate of drug-likeness (QED) is 0.581. The minimum absolute atomic E-state index is 0. The Bertz CT molecular complexity index is 656. The summed E-state index contributed by atoms with van der Waals surface area (Å²) in [4.78, 5) is 10.0. The number of rotatable bonds is 4. The highest BCUT2D eigenvalue weighted by atomic mass is 79.9. The minimum atomic E-state index is -3.95. The zero-order chi connectivity index (χ0) is 15.6. The van der Waals surface area contributed by atoms with Gasteiger partial charge in [0.25, 0.3) is 5.69 Å². The predicted octanol–water partition coefficient (Wildman–Crippen LogP) is 2.20. The molecular weight excluding hydrogens is 398 g/mol. The van der Waals surface area contributed by atoms with E-state index in [1.165, 1.54) is 18.2 Å². The van der Waals surface area contributed by atoms with Crippen LogP contribution in [-0.4, -0.2) is 32.0 Å². The largest absolute Gasteiger partial charge is 0.313 e. The Morgan fingerprint density at radius 2 is 2.14 bits per heavy atom. The van der Waals surface area contributed by atoms with Crippen LogP contribution in [0.4, 0.5) is 5.69 Å². The van der Waals surface area contributed by atoms with E-state index < -0.39 is 20.6 Å². The summed E-state index contributed by atoms with van der Waals surface area (Å²) in [7, 11) is -3.95. The van der Waals surface area contributed by atoms with Gasteiger partial charge in [-0.15, -0.1) is 12.4 Å². The van der Waals surface area contributed by atoms with E-state index in [4.69, 9.17) is 0 Å². The number of halogens is 2. The molecule has 1 aliphatic rings. The first kappa shape index (κ1) is 19.3. The lowest BCUT2D eigenvalue weighted by Gasteiger charge is -2.30. The third-order valence-corrected chi connectivity index (χ3v) is 5.49. The minimum Gasteiger partial charge on any atom is -0.313 e. The second-order valence-electron chi connectivity index (χ2n) is 4.98. The fraction of sp³-hybridized carbons (Fsp3) is 0.500. The average Bonchev–Trinajstić information content (AvgIpc) is 2.41. The predicted molar refractivity (Wildman–Crippen MR) is 88.9 cm³/mol. The van der Waals surface area contributed by atoms with E-state index in [1.807, 2.05) is 6.92 Å². The lowest BCUT2D eigenvalue weighted by molar-refractivity contribution is -0.387. The van der Waals surface area contributed by atoms with E-state index in [0.717, 1.165) is 13.0 Å². The number of nitro benzene ring substituents is 1. The zero-order valence-corrected chi connectivity index (χ0v) is 15.0. The molecule has 0 spiro atoms. The number of nitro groups is 1. The lowest BCUT2D eigenvalue weighted by Crippen LogP contribution is -2.51. The van der Waals surface area contributed by atoms with Crippen molar-refractivity contribution >= 4 is 44.0 Å². The highest BCUT2D eigenvalue weighted by Gasteiger charge is 2.31. The maximum absolute atomic E-state index is 12.5. The number of sulfonamides is 1. The first-order chi connectivity index (χ1) is 9.81. The molecule has 2 unspecified atom stereocenters. The molecule has 1 aromatic carbocycles. The summed E-state index contributed by atoms with van der Waals surface area (Å²) >= 11 is 3.15. The van der Waals surface area contributed by atoms with Crippen LogP contribution in [0.15, 0.2) is 27.6 Å². The molecule has 10 heteroatoms. The molecule has 2 atom stereocenters. The van der Waals surface area contributed by atoms with E-state index in [9.17, 15) is 18.5 Å². The number of hydrogen-bond acceptors (Lipinski definition) is 5. The Morgan fingerprint density at radius 3 is 2.73 bits per heavy atom. The fourth-order valence-electron chi connectivity index (χ4n) is 2.32. The summed E-state index contributed by atoms with van der Waals surface area (Å²) < 4.78 is 28.0. The maximum atomic E-state index is 12.5. The van der Waals surface area contributed by atoms with Gasteiger partial charge < -0.3 is 5.32 Å². The topological polar surface area (TPSA) is 101 Å². The van der Waals surface area contributed by atoms with Gasteiger partial charge in [0, 0.05) is 22.6 Å². The van der Waals surface area contributed by atoms with Gasteiger partial charge in [0.05, 0.1) is 4.92 Å². The van der Waals surface area contributed by atoms with Gasteiger partial charge in [-0.05, 0) is 38.4 Å². The van der Waals surface area contributed by atoms with Crippen LogP contribution in [-0.2, 0) is 10.0 Å². The van der Waals surface area contributed by atoms with E-state index in [-0.39, 0.29) is 29.4 Å². The summed E-state index contributed by atoms with van der Waals surface area (Å²) in [5, 5.41) is 14.2. The molecule has 0 bridgehead atoms. The molecule has 1 saturated heterocycles. The summed E-state index contributed by atoms with van der Waals surface area (Å²) in [6.07, 6.45) is 1.56. The monoisotopic (exact) mass is 413 g/mol. The van der Waals surface area contributed by atoms with Crippen molar-refractivity contribution in [1.82, 2.24) is 10.0 Å². The molecule has 0 amide bonds. The molecule has 2 rings (SSSR count). The third kappa shape index (κ3) is 4.39. The molecule has 0 aromatic heterocycles. The zero-order valence-electron chi connectivity index (χ0n) is 11.8. The van der Waals surface area contributed by atoms with Gasteiger partial charge in [-0.1, -0.05) is 15.9 Å². The van der Waals surface area contributed by atoms with Crippen molar-refractivity contribution in [2.75, 3.05) is 6.54 Å². The van der Waals surface area contributed by atoms with Gasteiger partial charge in [-0.2, -0.15) is 0 Å². The normalized spacial score (nSPS) is 21.9. The van der Waals surface area contributed by atoms with Crippen molar-refractivity contribution < 1.29 is 13.3 Å². The third-order valence-electron chi connectivity index (χ3n) is 3.48. The van der Waals surface area contributed by atoms with E-state index in [2.05, 4.69) is 26.0 Å². The molecule has 1 heterocycles. The lowest BCUT2D eigenvalue weighted by atomic mass is 10.0. The van der Waals surface area contributed by atoms with E-state index in [0.29, 0.717) is 10.9 Å². The van der Waals surface area contributed by atoms with Crippen LogP contribution in [0.25, 0.3) is 0 Å². The summed E-state index contributed by atoms with van der Waals surface area (Å²) in [5.41, 5.74) is -0.429. The van der Waals surface area contributed by atoms with Gasteiger partial charge in [-0.3, -0.25) is 10.1 Å². The standard InChI is InChI=1S/C12H16BrN3O4S.ClH/c1-8-10(3-2-6-14-8)15-21(19,20)12-7-9(13)4-5-11(12)16(17)18;/h4-5,7-8,10,14-15H,2-3,6H2,1H3;1H. The van der Waals surface area contributed by atoms with Crippen molar-refractivity contribution in [3.8, 4) is 0 Å². The van der Waals surface area contributed by atoms with Crippen molar-refractivity contribution in [2.24, 2.45) is 0 Å². The Balaban J connectivity index is 0.00000242. The van der Waals surface area contributed by atoms with Crippen molar-refractivity contribution in [3.63, 3.8) is 0 Å². The van der Waals surface area contributed by atoms with Gasteiger partial charge in [0.1, 0.15) is 0 Å². The molecule has 0 saturated carbocycles. The van der Waals surface area contributed by atoms with Crippen LogP contribution >= 0.6 is 28.3 Å². The molecule has 1 fully saturated rings. The van der Waals surface area contributed by atoms with Crippen LogP contribution in [0.2, 0.25) is 0 Å². The van der Waals surface area contributed by atoms with Gasteiger partial charge in [0.2, 0.25) is 10.0 Å². The molecule has 2 N–H and O–H groups in total. The SMILES string of the molecule is CC1NCCCC1NS(=O)(=O)c1cc(Br)ccc1[N+](=O)[O-].Cl. The molecule has 124 valence electrons. The van der Waals surface area contributed by atoms with Crippen molar-refractivity contribution in [2.45, 2.75) is 36.7 Å². The summed E-state index contributed by atoms with van der Waals surface area (Å²) in [6.45, 7) is 2.73. The Kier molecular flexibility index (Phi) is 6.75. The summed E-state index contributed by atoms with van der Waals surface area (Å²) in [6, 6.07) is 3.59. The highest BCUT2D eigenvalue weighted by Crippen LogP contribution is 2.27. The Hall–Kier alpha value is -0.740. The Labute approximate surface area is 143 Å².